The molecule has 1 aromatic heterocycles. The summed E-state index contributed by atoms with van der Waals surface area (Å²) in [6.45, 7) is 2.16. The summed E-state index contributed by atoms with van der Waals surface area (Å²) in [7, 11) is 0. The summed E-state index contributed by atoms with van der Waals surface area (Å²) < 4.78 is 0. The minimum absolute atomic E-state index is 0.0401. The molecule has 3 N–H and O–H groups in total. The first kappa shape index (κ1) is 15.9. The van der Waals surface area contributed by atoms with E-state index in [2.05, 4.69) is 22.2 Å². The Hall–Kier alpha value is -2.43. The highest BCUT2D eigenvalue weighted by Gasteiger charge is 2.18. The third-order valence-corrected chi connectivity index (χ3v) is 3.55. The van der Waals surface area contributed by atoms with Crippen LogP contribution in [0.2, 0.25) is 0 Å². The maximum absolute atomic E-state index is 12.4. The highest BCUT2D eigenvalue weighted by Crippen LogP contribution is 2.20. The fraction of sp³-hybridized carbons (Fsp3) is 0.353. The Morgan fingerprint density at radius 2 is 1.91 bits per heavy atom. The third kappa shape index (κ3) is 4.28. The largest absolute Gasteiger partial charge is 0.382 e. The number of nitrogens with two attached hydrogens (primary N) is 1. The van der Waals surface area contributed by atoms with E-state index >= 15 is 0 Å². The molecule has 0 aliphatic rings. The lowest BCUT2D eigenvalue weighted by Crippen LogP contribution is -2.30. The van der Waals surface area contributed by atoms with Gasteiger partial charge < -0.3 is 11.1 Å². The Bertz CT molecular complexity index is 601. The van der Waals surface area contributed by atoms with Crippen LogP contribution in [0.3, 0.4) is 0 Å². The number of carbonyl (C=O) groups excluding carboxylic acids is 1. The van der Waals surface area contributed by atoms with Gasteiger partial charge in [0.05, 0.1) is 6.04 Å². The minimum atomic E-state index is -0.282. The summed E-state index contributed by atoms with van der Waals surface area (Å²) >= 11 is 0. The summed E-state index contributed by atoms with van der Waals surface area (Å²) in [4.78, 5) is 20.3. The number of hydrogen-bond donors (Lipinski definition) is 2. The molecule has 0 spiro atoms. The molecule has 0 fully saturated rings. The van der Waals surface area contributed by atoms with Gasteiger partial charge >= 0.3 is 0 Å². The zero-order chi connectivity index (χ0) is 15.8. The van der Waals surface area contributed by atoms with E-state index in [1.807, 2.05) is 30.3 Å². The van der Waals surface area contributed by atoms with Crippen molar-refractivity contribution < 1.29 is 4.79 Å². The molecule has 1 aromatic carbocycles. The molecular weight excluding hydrogens is 276 g/mol. The highest BCUT2D eigenvalue weighted by molar-refractivity contribution is 5.96. The van der Waals surface area contributed by atoms with Gasteiger partial charge in [0.2, 0.25) is 0 Å². The molecule has 116 valence electrons. The lowest BCUT2D eigenvalue weighted by Gasteiger charge is -2.19. The van der Waals surface area contributed by atoms with Gasteiger partial charge in [0.15, 0.2) is 11.5 Å². The van der Waals surface area contributed by atoms with Gasteiger partial charge in [-0.2, -0.15) is 0 Å². The number of amides is 1. The number of nitrogens with zero attached hydrogens (tertiary/aromatic N) is 2. The van der Waals surface area contributed by atoms with Gasteiger partial charge in [-0.25, -0.2) is 9.97 Å². The van der Waals surface area contributed by atoms with E-state index in [1.54, 1.807) is 0 Å². The molecule has 1 amide bonds. The maximum Gasteiger partial charge on any atom is 0.274 e. The van der Waals surface area contributed by atoms with Crippen molar-refractivity contribution in [2.75, 3.05) is 5.73 Å². The first-order chi connectivity index (χ1) is 10.7. The minimum Gasteiger partial charge on any atom is -0.382 e. The molecule has 5 heteroatoms. The number of aromatic nitrogens is 2. The third-order valence-electron chi connectivity index (χ3n) is 3.55. The Kier molecular flexibility index (Phi) is 5.89. The van der Waals surface area contributed by atoms with E-state index in [1.165, 1.54) is 12.4 Å². The molecule has 22 heavy (non-hydrogen) atoms. The lowest BCUT2D eigenvalue weighted by molar-refractivity contribution is 0.0929. The van der Waals surface area contributed by atoms with Crippen LogP contribution >= 0.6 is 0 Å². The predicted octanol–water partition coefficient (Wildman–Crippen LogP) is 3.11. The smallest absolute Gasteiger partial charge is 0.274 e. The molecule has 0 saturated heterocycles. The summed E-state index contributed by atoms with van der Waals surface area (Å²) in [5.74, 6) is -0.128. The first-order valence-electron chi connectivity index (χ1n) is 7.64. The normalized spacial score (nSPS) is 11.9. The molecule has 0 aliphatic carbocycles. The molecule has 5 nitrogen and oxygen atoms in total. The van der Waals surface area contributed by atoms with E-state index in [0.717, 1.165) is 31.2 Å². The van der Waals surface area contributed by atoms with Crippen LogP contribution in [0.1, 0.15) is 54.7 Å². The van der Waals surface area contributed by atoms with Gasteiger partial charge in [-0.05, 0) is 12.0 Å². The molecule has 2 rings (SSSR count). The molecule has 2 aromatic rings. The molecule has 1 unspecified atom stereocenters. The number of anilines is 1. The number of nitrogens with one attached hydrogen (secondary N) is 1. The van der Waals surface area contributed by atoms with Crippen molar-refractivity contribution in [3.05, 3.63) is 54.0 Å². The topological polar surface area (TPSA) is 80.9 Å². The van der Waals surface area contributed by atoms with E-state index < -0.39 is 0 Å². The number of rotatable bonds is 7. The van der Waals surface area contributed by atoms with Gasteiger partial charge in [-0.15, -0.1) is 0 Å². The monoisotopic (exact) mass is 298 g/mol. The van der Waals surface area contributed by atoms with Crippen LogP contribution in [0.5, 0.6) is 0 Å². The van der Waals surface area contributed by atoms with Crippen LogP contribution in [-0.4, -0.2) is 15.9 Å². The number of carbonyl (C=O) groups is 1. The van der Waals surface area contributed by atoms with Gasteiger partial charge in [-0.3, -0.25) is 4.79 Å². The fourth-order valence-corrected chi connectivity index (χ4v) is 2.36. The fourth-order valence-electron chi connectivity index (χ4n) is 2.36. The molecular formula is C17H22N4O. The van der Waals surface area contributed by atoms with Crippen LogP contribution in [0.25, 0.3) is 0 Å². The van der Waals surface area contributed by atoms with Gasteiger partial charge in [0.25, 0.3) is 5.91 Å². The van der Waals surface area contributed by atoms with Gasteiger partial charge in [0, 0.05) is 12.4 Å². The first-order valence-corrected chi connectivity index (χ1v) is 7.64. The zero-order valence-electron chi connectivity index (χ0n) is 12.8. The summed E-state index contributed by atoms with van der Waals surface area (Å²) in [5.41, 5.74) is 6.99. The number of unbranched alkanes of at least 4 members (excludes halogenated alkanes) is 2. The predicted molar refractivity (Wildman–Crippen MR) is 87.2 cm³/mol. The number of benzene rings is 1. The Morgan fingerprint density at radius 1 is 1.18 bits per heavy atom. The van der Waals surface area contributed by atoms with Crippen molar-refractivity contribution >= 4 is 11.7 Å². The second kappa shape index (κ2) is 8.12. The van der Waals surface area contributed by atoms with E-state index in [4.69, 9.17) is 5.73 Å². The van der Waals surface area contributed by atoms with Crippen molar-refractivity contribution in [3.63, 3.8) is 0 Å². The molecule has 0 aliphatic heterocycles. The van der Waals surface area contributed by atoms with Crippen molar-refractivity contribution in [1.29, 1.82) is 0 Å². The maximum atomic E-state index is 12.4. The van der Waals surface area contributed by atoms with Crippen LogP contribution in [0.4, 0.5) is 5.82 Å². The van der Waals surface area contributed by atoms with Crippen molar-refractivity contribution in [1.82, 2.24) is 15.3 Å². The molecule has 1 heterocycles. The summed E-state index contributed by atoms with van der Waals surface area (Å²) in [6.07, 6.45) is 7.19. The van der Waals surface area contributed by atoms with Crippen molar-refractivity contribution in [3.8, 4) is 0 Å². The average Bonchev–Trinajstić information content (AvgIpc) is 2.55. The highest BCUT2D eigenvalue weighted by atomic mass is 16.2. The Balaban J connectivity index is 2.12. The second-order valence-electron chi connectivity index (χ2n) is 5.22. The van der Waals surface area contributed by atoms with Gasteiger partial charge in [-0.1, -0.05) is 56.5 Å². The van der Waals surface area contributed by atoms with E-state index in [0.29, 0.717) is 0 Å². The molecule has 0 saturated carbocycles. The number of nitrogen functional groups attached to an aromatic ring is 1. The molecule has 0 radical (unpaired) electrons. The van der Waals surface area contributed by atoms with Gasteiger partial charge in [0.1, 0.15) is 0 Å². The van der Waals surface area contributed by atoms with Crippen LogP contribution in [0, 0.1) is 0 Å². The van der Waals surface area contributed by atoms with Crippen LogP contribution < -0.4 is 11.1 Å². The standard InChI is InChI=1S/C17H22N4O/c1-2-3-5-10-14(13-8-6-4-7-9-13)21-17(22)15-16(18)20-12-11-19-15/h4,6-9,11-12,14H,2-3,5,10H2,1H3,(H2,18,20)(H,21,22). The van der Waals surface area contributed by atoms with Crippen molar-refractivity contribution in [2.24, 2.45) is 0 Å². The van der Waals surface area contributed by atoms with E-state index in [9.17, 15) is 4.79 Å². The van der Waals surface area contributed by atoms with Crippen LogP contribution in [-0.2, 0) is 0 Å². The average molecular weight is 298 g/mol. The zero-order valence-corrected chi connectivity index (χ0v) is 12.8. The van der Waals surface area contributed by atoms with Crippen LogP contribution in [0.15, 0.2) is 42.7 Å². The Labute approximate surface area is 131 Å². The molecule has 1 atom stereocenters. The van der Waals surface area contributed by atoms with Crippen molar-refractivity contribution in [2.45, 2.75) is 38.6 Å². The SMILES string of the molecule is CCCCCC(NC(=O)c1nccnc1N)c1ccccc1. The second-order valence-corrected chi connectivity index (χ2v) is 5.22. The lowest BCUT2D eigenvalue weighted by atomic mass is 10.0. The quantitative estimate of drug-likeness (QED) is 0.770. The van der Waals surface area contributed by atoms with E-state index in [-0.39, 0.29) is 23.5 Å². The Morgan fingerprint density at radius 3 is 2.59 bits per heavy atom. The molecule has 0 bridgehead atoms. The summed E-state index contributed by atoms with van der Waals surface area (Å²) in [6, 6.07) is 9.93. The summed E-state index contributed by atoms with van der Waals surface area (Å²) in [5, 5.41) is 3.03. The number of hydrogen-bond acceptors (Lipinski definition) is 4.